The van der Waals surface area contributed by atoms with Crippen LogP contribution in [-0.4, -0.2) is 35.1 Å². The minimum Gasteiger partial charge on any atom is -0.480 e. The second-order valence-corrected chi connectivity index (χ2v) is 6.68. The van der Waals surface area contributed by atoms with Crippen molar-refractivity contribution >= 4 is 5.97 Å². The van der Waals surface area contributed by atoms with Gasteiger partial charge in [0.2, 0.25) is 0 Å². The molecule has 1 aliphatic heterocycles. The Bertz CT molecular complexity index is 291. The van der Waals surface area contributed by atoms with E-state index in [0.29, 0.717) is 0 Å². The predicted octanol–water partition coefficient (Wildman–Crippen LogP) is 1.15. The average Bonchev–Trinajstić information content (AvgIpc) is 2.73. The first-order chi connectivity index (χ1) is 7.50. The van der Waals surface area contributed by atoms with E-state index >= 15 is 0 Å². The third kappa shape index (κ3) is 4.61. The fourth-order valence-electron chi connectivity index (χ4n) is 1.63. The highest BCUT2D eigenvalue weighted by atomic mass is 16.6. The van der Waals surface area contributed by atoms with Gasteiger partial charge in [-0.15, -0.1) is 0 Å². The third-order valence-corrected chi connectivity index (χ3v) is 2.51. The molecule has 5 heteroatoms. The molecule has 1 fully saturated rings. The lowest BCUT2D eigenvalue weighted by molar-refractivity contribution is -0.142. The van der Waals surface area contributed by atoms with Crippen molar-refractivity contribution in [3.8, 4) is 0 Å². The van der Waals surface area contributed by atoms with Crippen LogP contribution in [0.4, 0.5) is 0 Å². The van der Waals surface area contributed by atoms with Crippen LogP contribution in [0, 0.1) is 5.41 Å². The lowest BCUT2D eigenvalue weighted by Crippen LogP contribution is -2.50. The molecular formula is C12H24N2O3. The average molecular weight is 244 g/mol. The van der Waals surface area contributed by atoms with Crippen LogP contribution in [0.15, 0.2) is 0 Å². The monoisotopic (exact) mass is 244 g/mol. The van der Waals surface area contributed by atoms with Crippen molar-refractivity contribution in [2.45, 2.75) is 65.6 Å². The van der Waals surface area contributed by atoms with E-state index in [9.17, 15) is 4.79 Å². The highest BCUT2D eigenvalue weighted by Gasteiger charge is 2.45. The Labute approximate surface area is 103 Å². The molecule has 3 N–H and O–H groups in total. The largest absolute Gasteiger partial charge is 0.480 e. The fraction of sp³-hybridized carbons (Fsp3) is 0.917. The van der Waals surface area contributed by atoms with Crippen LogP contribution in [0.25, 0.3) is 0 Å². The number of hydrogen-bond donors (Lipinski definition) is 3. The maximum atomic E-state index is 11.2. The summed E-state index contributed by atoms with van der Waals surface area (Å²) < 4.78 is 5.38. The van der Waals surface area contributed by atoms with Crippen molar-refractivity contribution in [3.63, 3.8) is 0 Å². The first kappa shape index (κ1) is 14.4. The van der Waals surface area contributed by atoms with Crippen molar-refractivity contribution in [2.24, 2.45) is 5.41 Å². The molecule has 0 aliphatic carbocycles. The molecule has 17 heavy (non-hydrogen) atoms. The quantitative estimate of drug-likeness (QED) is 0.647. The molecule has 0 radical (unpaired) electrons. The first-order valence-corrected chi connectivity index (χ1v) is 5.93. The number of carbonyl (C=O) groups is 1. The molecule has 0 amide bonds. The molecule has 0 bridgehead atoms. The van der Waals surface area contributed by atoms with Crippen LogP contribution in [-0.2, 0) is 9.53 Å². The van der Waals surface area contributed by atoms with Gasteiger partial charge in [0.15, 0.2) is 12.5 Å². The van der Waals surface area contributed by atoms with Gasteiger partial charge < -0.3 is 9.84 Å². The van der Waals surface area contributed by atoms with Gasteiger partial charge in [-0.2, -0.15) is 0 Å². The molecule has 0 saturated carbocycles. The summed E-state index contributed by atoms with van der Waals surface area (Å²) in [5.41, 5.74) is -0.383. The van der Waals surface area contributed by atoms with Crippen LogP contribution in [0.5, 0.6) is 0 Å². The Morgan fingerprint density at radius 1 is 1.18 bits per heavy atom. The van der Waals surface area contributed by atoms with Crippen LogP contribution in [0.1, 0.15) is 41.5 Å². The van der Waals surface area contributed by atoms with Crippen LogP contribution in [0.3, 0.4) is 0 Å². The summed E-state index contributed by atoms with van der Waals surface area (Å²) in [7, 11) is 0. The van der Waals surface area contributed by atoms with E-state index in [1.165, 1.54) is 0 Å². The van der Waals surface area contributed by atoms with Gasteiger partial charge in [0.25, 0.3) is 0 Å². The Morgan fingerprint density at radius 2 is 1.71 bits per heavy atom. The molecule has 1 rings (SSSR count). The molecule has 0 aromatic heterocycles. The summed E-state index contributed by atoms with van der Waals surface area (Å²) in [6, 6.07) is -0.612. The van der Waals surface area contributed by atoms with Crippen molar-refractivity contribution in [3.05, 3.63) is 0 Å². The minimum atomic E-state index is -0.845. The SMILES string of the molecule is CC(C)(C)NC1OC1N[C@H](C(=O)O)C(C)(C)C. The van der Waals surface area contributed by atoms with Crippen molar-refractivity contribution in [1.29, 1.82) is 0 Å². The Kier molecular flexibility index (Phi) is 3.86. The lowest BCUT2D eigenvalue weighted by Gasteiger charge is -2.27. The van der Waals surface area contributed by atoms with E-state index in [4.69, 9.17) is 9.84 Å². The normalized spacial score (nSPS) is 26.7. The number of nitrogens with one attached hydrogen (secondary N) is 2. The summed E-state index contributed by atoms with van der Waals surface area (Å²) >= 11 is 0. The summed E-state index contributed by atoms with van der Waals surface area (Å²) in [4.78, 5) is 11.2. The number of epoxide rings is 1. The zero-order chi connectivity index (χ0) is 13.4. The van der Waals surface area contributed by atoms with Gasteiger partial charge in [0.05, 0.1) is 0 Å². The second kappa shape index (κ2) is 4.55. The van der Waals surface area contributed by atoms with Gasteiger partial charge in [0, 0.05) is 5.54 Å². The van der Waals surface area contributed by atoms with Crippen molar-refractivity contribution in [2.75, 3.05) is 0 Å². The van der Waals surface area contributed by atoms with Crippen LogP contribution >= 0.6 is 0 Å². The number of rotatable bonds is 4. The standard InChI is InChI=1S/C12H24N2O3/c1-11(2,3)7(10(15)16)13-8-9(17-8)14-12(4,5)6/h7-9,13-14H,1-6H3,(H,15,16)/t7-,8?,9?/m1/s1. The number of carboxylic acid groups (broad SMARTS) is 1. The highest BCUT2D eigenvalue weighted by Crippen LogP contribution is 2.25. The maximum Gasteiger partial charge on any atom is 0.321 e. The topological polar surface area (TPSA) is 73.9 Å². The van der Waals surface area contributed by atoms with Gasteiger partial charge in [-0.25, -0.2) is 0 Å². The Morgan fingerprint density at radius 3 is 2.06 bits per heavy atom. The maximum absolute atomic E-state index is 11.2. The van der Waals surface area contributed by atoms with E-state index in [0.717, 1.165) is 0 Å². The predicted molar refractivity (Wildman–Crippen MR) is 65.6 cm³/mol. The highest BCUT2D eigenvalue weighted by molar-refractivity contribution is 5.74. The third-order valence-electron chi connectivity index (χ3n) is 2.51. The number of aliphatic carboxylic acids is 1. The zero-order valence-electron chi connectivity index (χ0n) is 11.5. The summed E-state index contributed by atoms with van der Waals surface area (Å²) in [5, 5.41) is 15.4. The lowest BCUT2D eigenvalue weighted by atomic mass is 9.87. The van der Waals surface area contributed by atoms with E-state index in [1.54, 1.807) is 0 Å². The van der Waals surface area contributed by atoms with Crippen LogP contribution in [0.2, 0.25) is 0 Å². The second-order valence-electron chi connectivity index (χ2n) is 6.68. The van der Waals surface area contributed by atoms with Gasteiger partial charge in [-0.3, -0.25) is 15.4 Å². The molecular weight excluding hydrogens is 220 g/mol. The number of hydrogen-bond acceptors (Lipinski definition) is 4. The van der Waals surface area contributed by atoms with E-state index in [-0.39, 0.29) is 23.4 Å². The number of ether oxygens (including phenoxy) is 1. The molecule has 5 nitrogen and oxygen atoms in total. The van der Waals surface area contributed by atoms with Crippen LogP contribution < -0.4 is 10.6 Å². The van der Waals surface area contributed by atoms with E-state index < -0.39 is 12.0 Å². The summed E-state index contributed by atoms with van der Waals surface area (Å²) in [6.45, 7) is 11.8. The summed E-state index contributed by atoms with van der Waals surface area (Å²) in [6.07, 6.45) is -0.311. The molecule has 2 unspecified atom stereocenters. The molecule has 100 valence electrons. The van der Waals surface area contributed by atoms with Gasteiger partial charge in [-0.05, 0) is 26.2 Å². The molecule has 0 aromatic carbocycles. The molecule has 0 aromatic rings. The molecule has 0 spiro atoms. The summed E-state index contributed by atoms with van der Waals surface area (Å²) in [5.74, 6) is -0.845. The number of carboxylic acids is 1. The molecule has 3 atom stereocenters. The zero-order valence-corrected chi connectivity index (χ0v) is 11.5. The van der Waals surface area contributed by atoms with Gasteiger partial charge in [0.1, 0.15) is 6.04 Å². The van der Waals surface area contributed by atoms with E-state index in [2.05, 4.69) is 10.6 Å². The molecule has 1 aliphatic rings. The minimum absolute atomic E-state index is 0.0401. The Balaban J connectivity index is 2.48. The smallest absolute Gasteiger partial charge is 0.321 e. The Hall–Kier alpha value is -0.650. The van der Waals surface area contributed by atoms with Gasteiger partial charge in [-0.1, -0.05) is 20.8 Å². The van der Waals surface area contributed by atoms with Crippen molar-refractivity contribution in [1.82, 2.24) is 10.6 Å². The van der Waals surface area contributed by atoms with E-state index in [1.807, 2.05) is 41.5 Å². The van der Waals surface area contributed by atoms with Crippen molar-refractivity contribution < 1.29 is 14.6 Å². The van der Waals surface area contributed by atoms with Gasteiger partial charge >= 0.3 is 5.97 Å². The molecule has 1 heterocycles. The first-order valence-electron chi connectivity index (χ1n) is 5.93. The molecule has 1 saturated heterocycles. The fourth-order valence-corrected chi connectivity index (χ4v) is 1.63.